The number of ketones is 2. The number of hydrogen-bond donors (Lipinski definition) is 2. The molecule has 0 spiro atoms. The Morgan fingerprint density at radius 2 is 1.03 bits per heavy atom. The Morgan fingerprint density at radius 3 is 1.37 bits per heavy atom. The summed E-state index contributed by atoms with van der Waals surface area (Å²) >= 11 is 0. The molecule has 8 nitrogen and oxygen atoms in total. The first kappa shape index (κ1) is 30.0. The number of hydrogen-bond acceptors (Lipinski definition) is 6. The zero-order valence-corrected chi connectivity index (χ0v) is 22.6. The summed E-state index contributed by atoms with van der Waals surface area (Å²) in [6, 6.07) is 6.70. The van der Waals surface area contributed by atoms with E-state index in [-0.39, 0.29) is 36.6 Å². The van der Waals surface area contributed by atoms with Crippen LogP contribution < -0.4 is 20.1 Å². The van der Waals surface area contributed by atoms with Gasteiger partial charge in [-0.05, 0) is 99.2 Å². The number of rotatable bonds is 15. The Bertz CT molecular complexity index is 1140. The van der Waals surface area contributed by atoms with Crippen molar-refractivity contribution in [2.45, 2.75) is 40.5 Å². The normalized spacial score (nSPS) is 10.3. The van der Waals surface area contributed by atoms with Crippen LogP contribution in [0, 0.1) is 27.7 Å². The molecule has 2 rings (SSSR count). The molecule has 0 aliphatic rings. The predicted molar refractivity (Wildman–Crippen MR) is 147 cm³/mol. The van der Waals surface area contributed by atoms with Crippen molar-refractivity contribution in [1.82, 2.24) is 10.6 Å². The molecule has 0 atom stereocenters. The molecule has 0 heterocycles. The second-order valence-electron chi connectivity index (χ2n) is 8.84. The van der Waals surface area contributed by atoms with E-state index in [0.717, 1.165) is 22.3 Å². The number of benzene rings is 2. The van der Waals surface area contributed by atoms with Crippen molar-refractivity contribution in [3.63, 3.8) is 0 Å². The van der Waals surface area contributed by atoms with Crippen molar-refractivity contribution in [2.75, 3.05) is 26.3 Å². The molecular formula is C30H36N2O6. The van der Waals surface area contributed by atoms with Crippen LogP contribution in [-0.2, 0) is 9.59 Å². The van der Waals surface area contributed by atoms with Gasteiger partial charge in [0.05, 0.1) is 0 Å². The first-order valence-corrected chi connectivity index (χ1v) is 12.4. The van der Waals surface area contributed by atoms with Crippen LogP contribution in [0.5, 0.6) is 11.5 Å². The van der Waals surface area contributed by atoms with E-state index in [1.807, 2.05) is 27.7 Å². The molecule has 0 saturated heterocycles. The van der Waals surface area contributed by atoms with Crippen molar-refractivity contribution >= 4 is 23.4 Å². The van der Waals surface area contributed by atoms with E-state index >= 15 is 0 Å². The van der Waals surface area contributed by atoms with Crippen molar-refractivity contribution in [1.29, 1.82) is 0 Å². The van der Waals surface area contributed by atoms with E-state index in [4.69, 9.17) is 9.47 Å². The van der Waals surface area contributed by atoms with Gasteiger partial charge < -0.3 is 20.1 Å². The predicted octanol–water partition coefficient (Wildman–Crippen LogP) is 4.13. The average Bonchev–Trinajstić information content (AvgIpc) is 2.91. The highest BCUT2D eigenvalue weighted by Gasteiger charge is 2.14. The highest BCUT2D eigenvalue weighted by Crippen LogP contribution is 2.25. The lowest BCUT2D eigenvalue weighted by molar-refractivity contribution is -0.124. The van der Waals surface area contributed by atoms with E-state index in [9.17, 15) is 19.2 Å². The summed E-state index contributed by atoms with van der Waals surface area (Å²) in [5, 5.41) is 5.58. The zero-order valence-electron chi connectivity index (χ0n) is 22.6. The largest absolute Gasteiger partial charge is 0.483 e. The van der Waals surface area contributed by atoms with Crippen molar-refractivity contribution in [3.05, 3.63) is 83.0 Å². The number of unbranched alkanes of at least 4 members (excludes halogenated alkanes) is 1. The molecule has 2 aromatic rings. The van der Waals surface area contributed by atoms with Crippen LogP contribution in [0.2, 0.25) is 0 Å². The summed E-state index contributed by atoms with van der Waals surface area (Å²) in [4.78, 5) is 48.0. The molecular weight excluding hydrogens is 484 g/mol. The molecule has 0 aromatic heterocycles. The molecule has 0 aliphatic heterocycles. The van der Waals surface area contributed by atoms with Crippen LogP contribution >= 0.6 is 0 Å². The minimum Gasteiger partial charge on any atom is -0.483 e. The van der Waals surface area contributed by atoms with Crippen LogP contribution in [0.25, 0.3) is 0 Å². The number of ether oxygens (including phenoxy) is 2. The van der Waals surface area contributed by atoms with Crippen LogP contribution in [0.4, 0.5) is 0 Å². The Balaban J connectivity index is 1.65. The maximum atomic E-state index is 12.1. The number of allylic oxidation sites excluding steroid dienone is 2. The standard InChI is InChI=1S/C30H36N2O6/c1-7-25(33)23-11-13-27(21(5)19(23)3)37-17-29(35)31-15-9-10-16-32-30(36)18-38-28-14-12-24(26(34)8-2)20(4)22(28)6/h7-8,11-14H,1-2,9-10,15-18H2,3-6H3,(H,31,35)(H,32,36). The topological polar surface area (TPSA) is 111 Å². The third kappa shape index (κ3) is 8.16. The summed E-state index contributed by atoms with van der Waals surface area (Å²) in [6.45, 7) is 15.0. The minimum absolute atomic E-state index is 0.134. The molecule has 8 heteroatoms. The Morgan fingerprint density at radius 1 is 0.658 bits per heavy atom. The first-order valence-electron chi connectivity index (χ1n) is 12.4. The molecule has 2 amide bonds. The minimum atomic E-state index is -0.253. The molecule has 0 radical (unpaired) electrons. The van der Waals surface area contributed by atoms with Crippen molar-refractivity contribution in [3.8, 4) is 11.5 Å². The number of carbonyl (C=O) groups is 4. The summed E-state index contributed by atoms with van der Waals surface area (Å²) in [7, 11) is 0. The maximum absolute atomic E-state index is 12.1. The molecule has 0 fully saturated rings. The number of nitrogens with one attached hydrogen (secondary N) is 2. The van der Waals surface area contributed by atoms with Gasteiger partial charge in [0.1, 0.15) is 11.5 Å². The lowest BCUT2D eigenvalue weighted by Crippen LogP contribution is -2.32. The Kier molecular flexibility index (Phi) is 11.5. The van der Waals surface area contributed by atoms with Crippen molar-refractivity contribution < 1.29 is 28.7 Å². The fraction of sp³-hybridized carbons (Fsp3) is 0.333. The number of carbonyl (C=O) groups excluding carboxylic acids is 4. The third-order valence-corrected chi connectivity index (χ3v) is 6.34. The number of amides is 2. The summed E-state index contributed by atoms with van der Waals surface area (Å²) in [5.41, 5.74) is 4.32. The molecule has 0 bridgehead atoms. The highest BCUT2D eigenvalue weighted by atomic mass is 16.5. The van der Waals surface area contributed by atoms with E-state index in [2.05, 4.69) is 23.8 Å². The van der Waals surface area contributed by atoms with Gasteiger partial charge in [-0.15, -0.1) is 0 Å². The van der Waals surface area contributed by atoms with Gasteiger partial charge in [-0.2, -0.15) is 0 Å². The van der Waals surface area contributed by atoms with E-state index in [0.29, 0.717) is 48.6 Å². The van der Waals surface area contributed by atoms with Gasteiger partial charge in [0.15, 0.2) is 24.8 Å². The van der Waals surface area contributed by atoms with Gasteiger partial charge in [0.25, 0.3) is 11.8 Å². The summed E-state index contributed by atoms with van der Waals surface area (Å²) in [5.74, 6) is 0.285. The fourth-order valence-corrected chi connectivity index (χ4v) is 3.75. The maximum Gasteiger partial charge on any atom is 0.257 e. The molecule has 0 aliphatic carbocycles. The van der Waals surface area contributed by atoms with Crippen LogP contribution in [0.3, 0.4) is 0 Å². The van der Waals surface area contributed by atoms with Gasteiger partial charge in [-0.25, -0.2) is 0 Å². The van der Waals surface area contributed by atoms with Gasteiger partial charge in [-0.1, -0.05) is 13.2 Å². The monoisotopic (exact) mass is 520 g/mol. The van der Waals surface area contributed by atoms with Crippen molar-refractivity contribution in [2.24, 2.45) is 0 Å². The first-order chi connectivity index (χ1) is 18.1. The lowest BCUT2D eigenvalue weighted by atomic mass is 9.99. The highest BCUT2D eigenvalue weighted by molar-refractivity contribution is 6.06. The summed E-state index contributed by atoms with van der Waals surface area (Å²) < 4.78 is 11.2. The third-order valence-electron chi connectivity index (χ3n) is 6.34. The van der Waals surface area contributed by atoms with Gasteiger partial charge in [0, 0.05) is 24.2 Å². The van der Waals surface area contributed by atoms with Gasteiger partial charge in [-0.3, -0.25) is 19.2 Å². The van der Waals surface area contributed by atoms with E-state index < -0.39 is 0 Å². The zero-order chi connectivity index (χ0) is 28.2. The molecule has 2 N–H and O–H groups in total. The van der Waals surface area contributed by atoms with Crippen LogP contribution in [0.1, 0.15) is 55.8 Å². The van der Waals surface area contributed by atoms with Gasteiger partial charge >= 0.3 is 0 Å². The molecule has 38 heavy (non-hydrogen) atoms. The molecule has 2 aromatic carbocycles. The Labute approximate surface area is 224 Å². The fourth-order valence-electron chi connectivity index (χ4n) is 3.75. The average molecular weight is 521 g/mol. The van der Waals surface area contributed by atoms with Crippen LogP contribution in [0.15, 0.2) is 49.6 Å². The van der Waals surface area contributed by atoms with E-state index in [1.54, 1.807) is 24.3 Å². The molecule has 202 valence electrons. The summed E-state index contributed by atoms with van der Waals surface area (Å²) in [6.07, 6.45) is 3.90. The SMILES string of the molecule is C=CC(=O)c1ccc(OCC(=O)NCCCCNC(=O)COc2ccc(C(=O)C=C)c(C)c2C)c(C)c1C. The second-order valence-corrected chi connectivity index (χ2v) is 8.84. The quantitative estimate of drug-likeness (QED) is 0.208. The van der Waals surface area contributed by atoms with Gasteiger partial charge in [0.2, 0.25) is 0 Å². The van der Waals surface area contributed by atoms with E-state index in [1.165, 1.54) is 12.2 Å². The Hall–Kier alpha value is -4.20. The molecule has 0 saturated carbocycles. The smallest absolute Gasteiger partial charge is 0.257 e. The second kappa shape index (κ2) is 14.5. The van der Waals surface area contributed by atoms with Crippen LogP contribution in [-0.4, -0.2) is 49.7 Å². The lowest BCUT2D eigenvalue weighted by Gasteiger charge is -2.14. The molecule has 0 unspecified atom stereocenters.